The summed E-state index contributed by atoms with van der Waals surface area (Å²) in [5.74, 6) is 0. The first-order chi connectivity index (χ1) is 20.0. The third-order valence-corrected chi connectivity index (χ3v) is 7.77. The summed E-state index contributed by atoms with van der Waals surface area (Å²) in [6.07, 6.45) is 0.842. The highest BCUT2D eigenvalue weighted by Crippen LogP contribution is 2.30. The molecule has 0 fully saturated rings. The number of imide groups is 1. The van der Waals surface area contributed by atoms with Crippen molar-refractivity contribution in [3.63, 3.8) is 0 Å². The highest BCUT2D eigenvalue weighted by Gasteiger charge is 2.32. The van der Waals surface area contributed by atoms with Crippen LogP contribution in [0.4, 0.5) is 9.59 Å². The number of amides is 2. The van der Waals surface area contributed by atoms with Crippen LogP contribution in [0.1, 0.15) is 58.2 Å². The summed E-state index contributed by atoms with van der Waals surface area (Å²) in [5, 5.41) is 10.5. The molecule has 2 amide bonds. The molecule has 2 aromatic carbocycles. The number of aromatic nitrogens is 3. The fourth-order valence-electron chi connectivity index (χ4n) is 4.15. The molecule has 2 heterocycles. The van der Waals surface area contributed by atoms with Gasteiger partial charge < -0.3 is 9.47 Å². The zero-order valence-corrected chi connectivity index (χ0v) is 25.9. The lowest BCUT2D eigenvalue weighted by Crippen LogP contribution is -2.43. The molecule has 0 saturated heterocycles. The highest BCUT2D eigenvalue weighted by atomic mass is 32.2. The summed E-state index contributed by atoms with van der Waals surface area (Å²) < 4.78 is 38.7. The van der Waals surface area contributed by atoms with E-state index in [1.54, 1.807) is 77.9 Å². The molecule has 2 aromatic heterocycles. The van der Waals surface area contributed by atoms with Gasteiger partial charge in [0.1, 0.15) is 17.5 Å². The monoisotopic (exact) mass is 603 g/mol. The topological polar surface area (TPSA) is 144 Å². The molecule has 224 valence electrons. The number of hydrogen-bond acceptors (Lipinski definition) is 9. The Morgan fingerprint density at radius 3 is 2.09 bits per heavy atom. The van der Waals surface area contributed by atoms with E-state index < -0.39 is 33.4 Å². The number of carbonyl (C=O) groups excluding carboxylic acids is 2. The minimum Gasteiger partial charge on any atom is -0.443 e. The van der Waals surface area contributed by atoms with Crippen LogP contribution in [0.5, 0.6) is 0 Å². The van der Waals surface area contributed by atoms with E-state index in [2.05, 4.69) is 16.0 Å². The van der Waals surface area contributed by atoms with Crippen molar-refractivity contribution in [2.24, 2.45) is 0 Å². The Kier molecular flexibility index (Phi) is 8.33. The molecular formula is C31H33N5O6S. The Morgan fingerprint density at radius 1 is 0.930 bits per heavy atom. The van der Waals surface area contributed by atoms with Gasteiger partial charge in [-0.25, -0.2) is 36.8 Å². The predicted octanol–water partition coefficient (Wildman–Crippen LogP) is 6.19. The number of rotatable bonds is 5. The van der Waals surface area contributed by atoms with Crippen molar-refractivity contribution in [2.75, 3.05) is 0 Å². The zero-order valence-electron chi connectivity index (χ0n) is 25.1. The maximum atomic E-state index is 13.4. The second-order valence-electron chi connectivity index (χ2n) is 11.9. The van der Waals surface area contributed by atoms with Gasteiger partial charge in [-0.2, -0.15) is 5.26 Å². The van der Waals surface area contributed by atoms with Gasteiger partial charge in [0.25, 0.3) is 10.0 Å². The molecule has 0 aliphatic heterocycles. The second kappa shape index (κ2) is 11.5. The number of benzene rings is 2. The number of ether oxygens (including phenoxy) is 2. The summed E-state index contributed by atoms with van der Waals surface area (Å²) in [4.78, 5) is 35.5. The Morgan fingerprint density at radius 2 is 1.53 bits per heavy atom. The molecule has 0 atom stereocenters. The van der Waals surface area contributed by atoms with Gasteiger partial charge in [-0.05, 0) is 78.3 Å². The minimum absolute atomic E-state index is 0.117. The van der Waals surface area contributed by atoms with Crippen LogP contribution >= 0.6 is 0 Å². The van der Waals surface area contributed by atoms with Gasteiger partial charge >= 0.3 is 12.2 Å². The third kappa shape index (κ3) is 7.01. The lowest BCUT2D eigenvalue weighted by atomic mass is 10.0. The van der Waals surface area contributed by atoms with Crippen LogP contribution in [0.3, 0.4) is 0 Å². The molecular weight excluding hydrogens is 570 g/mol. The Hall–Kier alpha value is -4.76. The SMILES string of the molecule is Cc1ccc(S(=O)(=O)n2ccc3c(-c4ccc(CN(C(=O)OC(C)(C)C)C(=O)OC(C)(C)C)c(C#N)c4)ncnc32)cc1. The molecule has 4 aromatic rings. The summed E-state index contributed by atoms with van der Waals surface area (Å²) >= 11 is 0. The molecule has 0 unspecified atom stereocenters. The molecule has 0 aliphatic rings. The molecule has 0 bridgehead atoms. The standard InChI is InChI=1S/C31H33N5O6S/c1-20-8-12-24(13-9-20)43(39,40)36-15-14-25-26(33-19-34-27(25)36)21-10-11-22(23(16-21)17-32)18-35(28(37)41-30(2,3)4)29(38)42-31(5,6)7/h8-16,19H,18H2,1-7H3. The van der Waals surface area contributed by atoms with Crippen LogP contribution in [0.15, 0.2) is 66.0 Å². The van der Waals surface area contributed by atoms with Crippen molar-refractivity contribution >= 4 is 33.2 Å². The van der Waals surface area contributed by atoms with Crippen molar-refractivity contribution in [1.29, 1.82) is 5.26 Å². The summed E-state index contributed by atoms with van der Waals surface area (Å²) in [5.41, 5.74) is 0.816. The van der Waals surface area contributed by atoms with E-state index in [1.807, 2.05) is 6.92 Å². The molecule has 0 spiro atoms. The Labute approximate surface area is 250 Å². The predicted molar refractivity (Wildman–Crippen MR) is 159 cm³/mol. The molecule has 0 aliphatic carbocycles. The van der Waals surface area contributed by atoms with Gasteiger partial charge in [0, 0.05) is 17.1 Å². The van der Waals surface area contributed by atoms with Gasteiger partial charge in [0.05, 0.1) is 28.8 Å². The molecule has 0 N–H and O–H groups in total. The first-order valence-corrected chi connectivity index (χ1v) is 14.9. The molecule has 11 nitrogen and oxygen atoms in total. The number of aryl methyl sites for hydroxylation is 1. The van der Waals surface area contributed by atoms with Crippen LogP contribution in [0.2, 0.25) is 0 Å². The normalized spacial score (nSPS) is 12.0. The van der Waals surface area contributed by atoms with Crippen LogP contribution in [-0.2, 0) is 26.0 Å². The van der Waals surface area contributed by atoms with E-state index in [-0.39, 0.29) is 22.7 Å². The maximum Gasteiger partial charge on any atom is 0.420 e. The van der Waals surface area contributed by atoms with Crippen molar-refractivity contribution in [3.8, 4) is 17.3 Å². The molecule has 12 heteroatoms. The second-order valence-corrected chi connectivity index (χ2v) is 13.7. The van der Waals surface area contributed by atoms with Crippen molar-refractivity contribution < 1.29 is 27.5 Å². The number of nitriles is 1. The Balaban J connectivity index is 1.72. The summed E-state index contributed by atoms with van der Waals surface area (Å²) in [7, 11) is -3.93. The Bertz CT molecular complexity index is 1810. The smallest absolute Gasteiger partial charge is 0.420 e. The van der Waals surface area contributed by atoms with Gasteiger partial charge in [-0.1, -0.05) is 29.8 Å². The van der Waals surface area contributed by atoms with E-state index >= 15 is 0 Å². The van der Waals surface area contributed by atoms with Crippen LogP contribution in [0, 0.1) is 18.3 Å². The number of fused-ring (bicyclic) bond motifs is 1. The fraction of sp³-hybridized carbons (Fsp3) is 0.323. The first kappa shape index (κ1) is 31.2. The fourth-order valence-corrected chi connectivity index (χ4v) is 5.45. The third-order valence-electron chi connectivity index (χ3n) is 6.09. The average Bonchev–Trinajstić information content (AvgIpc) is 3.35. The molecule has 43 heavy (non-hydrogen) atoms. The van der Waals surface area contributed by atoms with Gasteiger partial charge in [-0.15, -0.1) is 0 Å². The summed E-state index contributed by atoms with van der Waals surface area (Å²) in [6.45, 7) is 11.6. The molecule has 4 rings (SSSR count). The number of hydrogen-bond donors (Lipinski definition) is 0. The quantitative estimate of drug-likeness (QED) is 0.261. The van der Waals surface area contributed by atoms with E-state index in [1.165, 1.54) is 24.7 Å². The van der Waals surface area contributed by atoms with Crippen molar-refractivity contribution in [1.82, 2.24) is 18.8 Å². The zero-order chi connectivity index (χ0) is 31.7. The number of carbonyl (C=O) groups is 2. The minimum atomic E-state index is -3.93. The first-order valence-electron chi connectivity index (χ1n) is 13.4. The van der Waals surface area contributed by atoms with Gasteiger partial charge in [-0.3, -0.25) is 0 Å². The number of nitrogens with zero attached hydrogens (tertiary/aromatic N) is 5. The summed E-state index contributed by atoms with van der Waals surface area (Å²) in [6, 6.07) is 15.1. The lowest BCUT2D eigenvalue weighted by Gasteiger charge is -2.28. The van der Waals surface area contributed by atoms with Crippen molar-refractivity contribution in [2.45, 2.75) is 71.1 Å². The van der Waals surface area contributed by atoms with E-state index in [4.69, 9.17) is 9.47 Å². The molecule has 0 radical (unpaired) electrons. The van der Waals surface area contributed by atoms with Crippen LogP contribution in [0.25, 0.3) is 22.3 Å². The van der Waals surface area contributed by atoms with Crippen LogP contribution in [-0.4, -0.2) is 50.6 Å². The highest BCUT2D eigenvalue weighted by molar-refractivity contribution is 7.90. The lowest BCUT2D eigenvalue weighted by molar-refractivity contribution is -0.000264. The average molecular weight is 604 g/mol. The molecule has 0 saturated carbocycles. The van der Waals surface area contributed by atoms with E-state index in [0.717, 1.165) is 14.4 Å². The van der Waals surface area contributed by atoms with Crippen LogP contribution < -0.4 is 0 Å². The van der Waals surface area contributed by atoms with Gasteiger partial charge in [0.15, 0.2) is 5.65 Å². The van der Waals surface area contributed by atoms with Crippen molar-refractivity contribution in [3.05, 3.63) is 77.7 Å². The van der Waals surface area contributed by atoms with E-state index in [9.17, 15) is 23.3 Å². The maximum absolute atomic E-state index is 13.4. The largest absolute Gasteiger partial charge is 0.443 e. The van der Waals surface area contributed by atoms with Gasteiger partial charge in [0.2, 0.25) is 0 Å². The van der Waals surface area contributed by atoms with E-state index in [0.29, 0.717) is 22.2 Å².